The third-order valence-electron chi connectivity index (χ3n) is 1.65. The Morgan fingerprint density at radius 2 is 1.60 bits per heavy atom. The molecule has 0 aromatic carbocycles. The molecule has 0 spiro atoms. The Kier molecular flexibility index (Phi) is 4.62. The van der Waals surface area contributed by atoms with Crippen LogP contribution in [0.15, 0.2) is 0 Å². The summed E-state index contributed by atoms with van der Waals surface area (Å²) in [6, 6.07) is 0. The van der Waals surface area contributed by atoms with Crippen LogP contribution in [-0.2, 0) is 0 Å². The van der Waals surface area contributed by atoms with Crippen molar-refractivity contribution in [2.75, 3.05) is 13.1 Å². The fourth-order valence-corrected chi connectivity index (χ4v) is 0.948. The van der Waals surface area contributed by atoms with Crippen molar-refractivity contribution in [3.63, 3.8) is 0 Å². The average Bonchev–Trinajstić information content (AvgIpc) is 1.92. The molecule has 2 heteroatoms. The minimum atomic E-state index is -0.884. The van der Waals surface area contributed by atoms with Crippen LogP contribution in [0.2, 0.25) is 0 Å². The summed E-state index contributed by atoms with van der Waals surface area (Å²) in [5, 5.41) is 3.10. The summed E-state index contributed by atoms with van der Waals surface area (Å²) in [5.74, 6) is 0. The first-order valence-electron chi connectivity index (χ1n) is 4.10. The third kappa shape index (κ3) is 3.83. The lowest BCUT2D eigenvalue weighted by Gasteiger charge is -2.25. The molecule has 0 amide bonds. The van der Waals surface area contributed by atoms with Crippen LogP contribution in [-0.4, -0.2) is 18.8 Å². The van der Waals surface area contributed by atoms with Gasteiger partial charge in [-0.2, -0.15) is 0 Å². The van der Waals surface area contributed by atoms with Crippen LogP contribution in [0.25, 0.3) is 0 Å². The van der Waals surface area contributed by atoms with Gasteiger partial charge in [0.1, 0.15) is 5.67 Å². The van der Waals surface area contributed by atoms with Crippen LogP contribution in [0.3, 0.4) is 0 Å². The van der Waals surface area contributed by atoms with Gasteiger partial charge in [0.05, 0.1) is 0 Å². The summed E-state index contributed by atoms with van der Waals surface area (Å²) in [6.07, 6.45) is 1.35. The highest BCUT2D eigenvalue weighted by atomic mass is 19.1. The van der Waals surface area contributed by atoms with E-state index >= 15 is 0 Å². The highest BCUT2D eigenvalue weighted by molar-refractivity contribution is 4.79. The zero-order valence-electron chi connectivity index (χ0n) is 7.21. The van der Waals surface area contributed by atoms with Gasteiger partial charge in [-0.15, -0.1) is 0 Å². The van der Waals surface area contributed by atoms with E-state index in [1.165, 1.54) is 0 Å². The first-order valence-corrected chi connectivity index (χ1v) is 4.10. The van der Waals surface area contributed by atoms with E-state index in [2.05, 4.69) is 5.32 Å². The summed E-state index contributed by atoms with van der Waals surface area (Å²) < 4.78 is 12.8. The number of piperidine rings is 1. The summed E-state index contributed by atoms with van der Waals surface area (Å²) in [7, 11) is 0. The Morgan fingerprint density at radius 1 is 1.20 bits per heavy atom. The smallest absolute Gasteiger partial charge is 0.110 e. The van der Waals surface area contributed by atoms with E-state index in [0.29, 0.717) is 12.8 Å². The second-order valence-corrected chi connectivity index (χ2v) is 2.66. The van der Waals surface area contributed by atoms with Gasteiger partial charge >= 0.3 is 0 Å². The molecule has 1 heterocycles. The molecule has 0 aromatic heterocycles. The molecular weight excluding hydrogens is 129 g/mol. The van der Waals surface area contributed by atoms with Crippen molar-refractivity contribution < 1.29 is 4.39 Å². The molecule has 1 N–H and O–H groups in total. The van der Waals surface area contributed by atoms with E-state index in [1.807, 2.05) is 13.8 Å². The van der Waals surface area contributed by atoms with Gasteiger partial charge in [-0.1, -0.05) is 13.8 Å². The van der Waals surface area contributed by atoms with Crippen LogP contribution < -0.4 is 5.32 Å². The molecule has 1 saturated heterocycles. The predicted molar refractivity (Wildman–Crippen MR) is 43.0 cm³/mol. The second-order valence-electron chi connectivity index (χ2n) is 2.66. The zero-order chi connectivity index (χ0) is 8.04. The lowest BCUT2D eigenvalue weighted by Crippen LogP contribution is -2.36. The third-order valence-corrected chi connectivity index (χ3v) is 1.65. The molecule has 0 saturated carbocycles. The van der Waals surface area contributed by atoms with Gasteiger partial charge in [0.2, 0.25) is 0 Å². The molecule has 62 valence electrons. The van der Waals surface area contributed by atoms with Gasteiger partial charge in [-0.3, -0.25) is 0 Å². The fourth-order valence-electron chi connectivity index (χ4n) is 0.948. The highest BCUT2D eigenvalue weighted by Gasteiger charge is 2.24. The summed E-state index contributed by atoms with van der Waals surface area (Å²) in [5.41, 5.74) is -0.884. The van der Waals surface area contributed by atoms with Gasteiger partial charge in [0.25, 0.3) is 0 Å². The molecule has 0 radical (unpaired) electrons. The van der Waals surface area contributed by atoms with Crippen LogP contribution in [0.5, 0.6) is 0 Å². The zero-order valence-corrected chi connectivity index (χ0v) is 7.21. The highest BCUT2D eigenvalue weighted by Crippen LogP contribution is 2.20. The Labute approximate surface area is 63.0 Å². The van der Waals surface area contributed by atoms with Gasteiger partial charge in [0, 0.05) is 0 Å². The average molecular weight is 147 g/mol. The number of halogens is 1. The second kappa shape index (κ2) is 4.67. The maximum absolute atomic E-state index is 12.8. The minimum absolute atomic E-state index is 0.674. The van der Waals surface area contributed by atoms with Crippen molar-refractivity contribution in [2.24, 2.45) is 0 Å². The van der Waals surface area contributed by atoms with Crippen molar-refractivity contribution in [1.82, 2.24) is 5.32 Å². The number of hydrogen-bond donors (Lipinski definition) is 1. The largest absolute Gasteiger partial charge is 0.316 e. The maximum Gasteiger partial charge on any atom is 0.110 e. The van der Waals surface area contributed by atoms with Gasteiger partial charge in [0.15, 0.2) is 0 Å². The van der Waals surface area contributed by atoms with Crippen molar-refractivity contribution in [3.8, 4) is 0 Å². The first kappa shape index (κ1) is 9.89. The van der Waals surface area contributed by atoms with Crippen LogP contribution in [0.1, 0.15) is 33.6 Å². The number of rotatable bonds is 0. The standard InChI is InChI=1S/C6H12FN.C2H6/c1-6(7)2-4-8-5-3-6;1-2/h8H,2-5H2,1H3;1-2H3. The number of hydrogen-bond acceptors (Lipinski definition) is 1. The van der Waals surface area contributed by atoms with E-state index in [1.54, 1.807) is 6.92 Å². The monoisotopic (exact) mass is 147 g/mol. The lowest BCUT2D eigenvalue weighted by molar-refractivity contribution is 0.139. The van der Waals surface area contributed by atoms with Crippen molar-refractivity contribution in [1.29, 1.82) is 0 Å². The van der Waals surface area contributed by atoms with Gasteiger partial charge < -0.3 is 5.32 Å². The molecule has 10 heavy (non-hydrogen) atoms. The quantitative estimate of drug-likeness (QED) is 0.553. The molecule has 0 unspecified atom stereocenters. The van der Waals surface area contributed by atoms with Crippen LogP contribution in [0.4, 0.5) is 4.39 Å². The van der Waals surface area contributed by atoms with Gasteiger partial charge in [-0.25, -0.2) is 4.39 Å². The molecule has 0 bridgehead atoms. The van der Waals surface area contributed by atoms with E-state index in [9.17, 15) is 4.39 Å². The van der Waals surface area contributed by atoms with E-state index in [0.717, 1.165) is 13.1 Å². The maximum atomic E-state index is 12.8. The van der Waals surface area contributed by atoms with E-state index in [4.69, 9.17) is 0 Å². The molecule has 1 rings (SSSR count). The van der Waals surface area contributed by atoms with Crippen LogP contribution >= 0.6 is 0 Å². The van der Waals surface area contributed by atoms with Crippen molar-refractivity contribution >= 4 is 0 Å². The molecule has 0 atom stereocenters. The normalized spacial score (nSPS) is 22.8. The SMILES string of the molecule is CC.CC1(F)CCNCC1. The topological polar surface area (TPSA) is 12.0 Å². The number of alkyl halides is 1. The van der Waals surface area contributed by atoms with Crippen molar-refractivity contribution in [2.45, 2.75) is 39.3 Å². The molecular formula is C8H18FN. The van der Waals surface area contributed by atoms with Gasteiger partial charge in [-0.05, 0) is 32.9 Å². The van der Waals surface area contributed by atoms with E-state index in [-0.39, 0.29) is 0 Å². The van der Waals surface area contributed by atoms with Crippen molar-refractivity contribution in [3.05, 3.63) is 0 Å². The summed E-state index contributed by atoms with van der Waals surface area (Å²) >= 11 is 0. The van der Waals surface area contributed by atoms with E-state index < -0.39 is 5.67 Å². The molecule has 1 aliphatic heterocycles. The summed E-state index contributed by atoms with van der Waals surface area (Å²) in [6.45, 7) is 7.36. The first-order chi connectivity index (χ1) is 4.71. The Hall–Kier alpha value is -0.110. The molecule has 1 nitrogen and oxygen atoms in total. The summed E-state index contributed by atoms with van der Waals surface area (Å²) in [4.78, 5) is 0. The Balaban J connectivity index is 0.000000371. The number of nitrogens with one attached hydrogen (secondary N) is 1. The molecule has 0 aromatic rings. The Bertz CT molecular complexity index is 73.3. The molecule has 1 fully saturated rings. The Morgan fingerprint density at radius 3 is 1.80 bits per heavy atom. The molecule has 0 aliphatic carbocycles. The lowest BCUT2D eigenvalue weighted by atomic mass is 9.97. The predicted octanol–water partition coefficient (Wildman–Crippen LogP) is 2.12. The molecule has 1 aliphatic rings. The minimum Gasteiger partial charge on any atom is -0.316 e. The fraction of sp³-hybridized carbons (Fsp3) is 1.00. The van der Waals surface area contributed by atoms with Crippen LogP contribution in [0, 0.1) is 0 Å².